The van der Waals surface area contributed by atoms with E-state index in [0.29, 0.717) is 6.42 Å². The van der Waals surface area contributed by atoms with E-state index in [2.05, 4.69) is 17.9 Å². The molecule has 1 saturated heterocycles. The number of carbonyl (C=O) groups is 1. The minimum absolute atomic E-state index is 0.142. The largest absolute Gasteiger partial charge is 0.317 e. The van der Waals surface area contributed by atoms with Crippen molar-refractivity contribution in [2.24, 2.45) is 0 Å². The maximum atomic E-state index is 10.7. The molecule has 2 rings (SSSR count). The Labute approximate surface area is 109 Å². The van der Waals surface area contributed by atoms with E-state index in [9.17, 15) is 4.79 Å². The molecule has 0 radical (unpaired) electrons. The molecule has 1 aliphatic carbocycles. The lowest BCUT2D eigenvalue weighted by Crippen LogP contribution is -2.12. The second-order valence-corrected chi connectivity index (χ2v) is 4.58. The molecule has 2 aliphatic rings. The summed E-state index contributed by atoms with van der Waals surface area (Å²) in [6, 6.07) is 0. The first-order valence-corrected chi connectivity index (χ1v) is 6.72. The van der Waals surface area contributed by atoms with Gasteiger partial charge < -0.3 is 5.32 Å². The average molecular weight is 251 g/mol. The number of thiol groups is 1. The summed E-state index contributed by atoms with van der Waals surface area (Å²) >= 11 is 3.71. The second-order valence-electron chi connectivity index (χ2n) is 4.18. The van der Waals surface area contributed by atoms with Crippen molar-refractivity contribution in [2.45, 2.75) is 32.1 Å². The fraction of sp³-hybridized carbons (Fsp3) is 0.500. The number of hydrogen-bond acceptors (Lipinski definition) is 2. The number of carbonyl (C=O) groups excluding carboxylic acids is 1. The van der Waals surface area contributed by atoms with Crippen LogP contribution in [0.1, 0.15) is 32.1 Å². The molecule has 3 heteroatoms. The topological polar surface area (TPSA) is 29.1 Å². The summed E-state index contributed by atoms with van der Waals surface area (Å²) in [6.45, 7) is 2.50. The summed E-state index contributed by atoms with van der Waals surface area (Å²) in [5.41, 5.74) is 0.744. The zero-order chi connectivity index (χ0) is 12.3. The molecule has 1 N–H and O–H groups in total. The summed E-state index contributed by atoms with van der Waals surface area (Å²) in [5.74, 6) is 0. The van der Waals surface area contributed by atoms with Crippen molar-refractivity contribution in [3.63, 3.8) is 0 Å². The molecule has 0 aromatic carbocycles. The molecule has 0 bridgehead atoms. The zero-order valence-electron chi connectivity index (χ0n) is 10.2. The highest BCUT2D eigenvalue weighted by Crippen LogP contribution is 2.09. The van der Waals surface area contributed by atoms with Crippen LogP contribution in [0.5, 0.6) is 0 Å². The maximum absolute atomic E-state index is 10.7. The molecule has 1 aliphatic heterocycles. The molecule has 0 unspecified atom stereocenters. The van der Waals surface area contributed by atoms with Crippen LogP contribution in [0.2, 0.25) is 0 Å². The summed E-state index contributed by atoms with van der Waals surface area (Å²) in [4.78, 5) is 10.7. The van der Waals surface area contributed by atoms with Crippen LogP contribution in [0, 0.1) is 0 Å². The summed E-state index contributed by atoms with van der Waals surface area (Å²) in [5, 5.41) is 3.20. The maximum Gasteiger partial charge on any atom is 0.212 e. The predicted octanol–water partition coefficient (Wildman–Crippen LogP) is 3.04. The van der Waals surface area contributed by atoms with E-state index in [4.69, 9.17) is 0 Å². The minimum atomic E-state index is -0.142. The van der Waals surface area contributed by atoms with Gasteiger partial charge in [-0.25, -0.2) is 0 Å². The van der Waals surface area contributed by atoms with Gasteiger partial charge in [-0.05, 0) is 32.4 Å². The van der Waals surface area contributed by atoms with Gasteiger partial charge in [0.1, 0.15) is 0 Å². The van der Waals surface area contributed by atoms with E-state index >= 15 is 0 Å². The highest BCUT2D eigenvalue weighted by Gasteiger charge is 2.00. The molecule has 94 valence electrons. The van der Waals surface area contributed by atoms with Crippen molar-refractivity contribution in [1.82, 2.24) is 5.32 Å². The lowest BCUT2D eigenvalue weighted by Gasteiger charge is -1.92. The molecule has 1 fully saturated rings. The Morgan fingerprint density at radius 3 is 2.41 bits per heavy atom. The molecule has 0 saturated carbocycles. The number of allylic oxidation sites excluding steroid dienone is 5. The van der Waals surface area contributed by atoms with Gasteiger partial charge >= 0.3 is 0 Å². The van der Waals surface area contributed by atoms with Gasteiger partial charge in [0, 0.05) is 5.57 Å². The second kappa shape index (κ2) is 9.25. The van der Waals surface area contributed by atoms with Crippen LogP contribution >= 0.6 is 12.6 Å². The molecule has 0 spiro atoms. The molecule has 0 atom stereocenters. The van der Waals surface area contributed by atoms with E-state index < -0.39 is 0 Å². The standard InChI is InChI=1S/C8H8OS.C6H13N/c9-8(10)7-5-3-1-2-4-6-7;1-2-4-6-7-5-3-1/h1-5H,6H2,(H,9,10);7H,1-6H2. The zero-order valence-corrected chi connectivity index (χ0v) is 11.1. The van der Waals surface area contributed by atoms with Gasteiger partial charge in [0.2, 0.25) is 5.12 Å². The van der Waals surface area contributed by atoms with Gasteiger partial charge in [-0.15, -0.1) is 12.6 Å². The van der Waals surface area contributed by atoms with E-state index in [1.807, 2.05) is 24.3 Å². The van der Waals surface area contributed by atoms with E-state index in [0.717, 1.165) is 5.57 Å². The molecular formula is C14H21NOS. The van der Waals surface area contributed by atoms with Crippen LogP contribution in [0.3, 0.4) is 0 Å². The SMILES string of the molecule is C1CCCNCC1.O=C(S)C1=CC=CC=CC1. The Morgan fingerprint density at radius 1 is 1.06 bits per heavy atom. The lowest BCUT2D eigenvalue weighted by atomic mass is 10.2. The average Bonchev–Trinajstić information content (AvgIpc) is 2.77. The predicted molar refractivity (Wildman–Crippen MR) is 76.3 cm³/mol. The van der Waals surface area contributed by atoms with Crippen molar-refractivity contribution >= 4 is 17.7 Å². The van der Waals surface area contributed by atoms with E-state index in [1.54, 1.807) is 6.08 Å². The molecule has 1 heterocycles. The van der Waals surface area contributed by atoms with Crippen LogP contribution in [0.25, 0.3) is 0 Å². The van der Waals surface area contributed by atoms with Gasteiger partial charge in [0.05, 0.1) is 0 Å². The van der Waals surface area contributed by atoms with E-state index in [1.165, 1.54) is 38.8 Å². The Kier molecular flexibility index (Phi) is 7.76. The summed E-state index contributed by atoms with van der Waals surface area (Å²) in [7, 11) is 0. The summed E-state index contributed by atoms with van der Waals surface area (Å²) in [6.07, 6.45) is 15.7. The molecule has 0 amide bonds. The Hall–Kier alpha value is -0.800. The number of rotatable bonds is 1. The highest BCUT2D eigenvalue weighted by atomic mass is 32.1. The van der Waals surface area contributed by atoms with Crippen molar-refractivity contribution < 1.29 is 4.79 Å². The van der Waals surface area contributed by atoms with Crippen LogP contribution in [-0.2, 0) is 4.79 Å². The van der Waals surface area contributed by atoms with Gasteiger partial charge in [-0.1, -0.05) is 43.2 Å². The van der Waals surface area contributed by atoms with Gasteiger partial charge in [0.25, 0.3) is 0 Å². The van der Waals surface area contributed by atoms with Crippen LogP contribution in [0.4, 0.5) is 0 Å². The first-order chi connectivity index (χ1) is 8.30. The first kappa shape index (κ1) is 14.3. The molecule has 0 aromatic rings. The smallest absolute Gasteiger partial charge is 0.212 e. The van der Waals surface area contributed by atoms with Gasteiger partial charge in [-0.2, -0.15) is 0 Å². The number of nitrogens with one attached hydrogen (secondary N) is 1. The Morgan fingerprint density at radius 2 is 1.76 bits per heavy atom. The Bertz CT molecular complexity index is 299. The lowest BCUT2D eigenvalue weighted by molar-refractivity contribution is -0.107. The molecule has 0 aromatic heterocycles. The first-order valence-electron chi connectivity index (χ1n) is 6.27. The van der Waals surface area contributed by atoms with Crippen molar-refractivity contribution in [1.29, 1.82) is 0 Å². The Balaban J connectivity index is 0.000000181. The van der Waals surface area contributed by atoms with Crippen molar-refractivity contribution in [3.05, 3.63) is 36.0 Å². The fourth-order valence-electron chi connectivity index (χ4n) is 1.71. The normalized spacial score (nSPS) is 19.5. The number of hydrogen-bond donors (Lipinski definition) is 2. The van der Waals surface area contributed by atoms with Gasteiger partial charge in [0.15, 0.2) is 0 Å². The third-order valence-electron chi connectivity index (χ3n) is 2.73. The quantitative estimate of drug-likeness (QED) is 0.701. The fourth-order valence-corrected chi connectivity index (χ4v) is 1.88. The third kappa shape index (κ3) is 7.18. The van der Waals surface area contributed by atoms with Gasteiger partial charge in [-0.3, -0.25) is 4.79 Å². The molecule has 2 nitrogen and oxygen atoms in total. The van der Waals surface area contributed by atoms with Crippen LogP contribution in [-0.4, -0.2) is 18.2 Å². The highest BCUT2D eigenvalue weighted by molar-refractivity contribution is 7.97. The van der Waals surface area contributed by atoms with Crippen LogP contribution in [0.15, 0.2) is 36.0 Å². The monoisotopic (exact) mass is 251 g/mol. The third-order valence-corrected chi connectivity index (χ3v) is 3.01. The van der Waals surface area contributed by atoms with E-state index in [-0.39, 0.29) is 5.12 Å². The van der Waals surface area contributed by atoms with Crippen LogP contribution < -0.4 is 5.32 Å². The molecular weight excluding hydrogens is 230 g/mol. The van der Waals surface area contributed by atoms with Crippen molar-refractivity contribution in [2.75, 3.05) is 13.1 Å². The van der Waals surface area contributed by atoms with Crippen molar-refractivity contribution in [3.8, 4) is 0 Å². The molecule has 17 heavy (non-hydrogen) atoms. The minimum Gasteiger partial charge on any atom is -0.317 e. The summed E-state index contributed by atoms with van der Waals surface area (Å²) < 4.78 is 0.